The van der Waals surface area contributed by atoms with Crippen molar-refractivity contribution in [2.24, 2.45) is 0 Å². The number of fused-ring (bicyclic) bond motifs is 1. The Hall–Kier alpha value is -2.36. The van der Waals surface area contributed by atoms with E-state index in [-0.39, 0.29) is 11.9 Å². The van der Waals surface area contributed by atoms with E-state index in [1.807, 2.05) is 30.3 Å². The molecule has 0 saturated heterocycles. The maximum absolute atomic E-state index is 12.2. The standard InChI is InChI=1S/C19H21NO3/c1-13(19(22)20-15-7-3-4-8-15)23-18-11-10-14-6-2-5-9-16(14)17(18)12-21/h2,5-6,9-13,15H,3-4,7-8H2,1H3,(H,20,22)/t13-/m1/s1. The third kappa shape index (κ3) is 3.36. The molecule has 0 aliphatic heterocycles. The predicted molar refractivity (Wildman–Crippen MR) is 89.8 cm³/mol. The van der Waals surface area contributed by atoms with Gasteiger partial charge in [0, 0.05) is 6.04 Å². The Kier molecular flexibility index (Phi) is 4.60. The molecule has 1 saturated carbocycles. The summed E-state index contributed by atoms with van der Waals surface area (Å²) in [7, 11) is 0. The molecule has 1 aliphatic carbocycles. The topological polar surface area (TPSA) is 55.4 Å². The van der Waals surface area contributed by atoms with Crippen LogP contribution in [0.15, 0.2) is 36.4 Å². The molecule has 0 radical (unpaired) electrons. The van der Waals surface area contributed by atoms with Crippen LogP contribution in [0.4, 0.5) is 0 Å². The van der Waals surface area contributed by atoms with Crippen LogP contribution in [0.2, 0.25) is 0 Å². The number of amides is 1. The Bertz CT molecular complexity index is 720. The summed E-state index contributed by atoms with van der Waals surface area (Å²) >= 11 is 0. The SMILES string of the molecule is C[C@@H](Oc1ccc2ccccc2c1C=O)C(=O)NC1CCCC1. The second-order valence-corrected chi connectivity index (χ2v) is 6.07. The summed E-state index contributed by atoms with van der Waals surface area (Å²) in [5, 5.41) is 4.83. The molecule has 0 unspecified atom stereocenters. The zero-order chi connectivity index (χ0) is 16.2. The third-order valence-electron chi connectivity index (χ3n) is 4.42. The van der Waals surface area contributed by atoms with Crippen LogP contribution in [-0.4, -0.2) is 24.3 Å². The van der Waals surface area contributed by atoms with E-state index < -0.39 is 6.10 Å². The fraction of sp³-hybridized carbons (Fsp3) is 0.368. The van der Waals surface area contributed by atoms with Gasteiger partial charge >= 0.3 is 0 Å². The first kappa shape index (κ1) is 15.5. The Morgan fingerprint density at radius 1 is 1.22 bits per heavy atom. The van der Waals surface area contributed by atoms with Crippen LogP contribution in [0.3, 0.4) is 0 Å². The van der Waals surface area contributed by atoms with E-state index >= 15 is 0 Å². The fourth-order valence-electron chi connectivity index (χ4n) is 3.13. The van der Waals surface area contributed by atoms with Crippen LogP contribution in [-0.2, 0) is 4.79 Å². The number of rotatable bonds is 5. The summed E-state index contributed by atoms with van der Waals surface area (Å²) in [5.74, 6) is 0.328. The molecule has 23 heavy (non-hydrogen) atoms. The van der Waals surface area contributed by atoms with E-state index in [0.717, 1.165) is 29.9 Å². The molecule has 1 fully saturated rings. The molecule has 0 bridgehead atoms. The zero-order valence-electron chi connectivity index (χ0n) is 13.2. The van der Waals surface area contributed by atoms with Crippen molar-refractivity contribution in [3.63, 3.8) is 0 Å². The van der Waals surface area contributed by atoms with Crippen molar-refractivity contribution < 1.29 is 14.3 Å². The Labute approximate surface area is 135 Å². The lowest BCUT2D eigenvalue weighted by molar-refractivity contribution is -0.127. The lowest BCUT2D eigenvalue weighted by Gasteiger charge is -2.19. The zero-order valence-corrected chi connectivity index (χ0v) is 13.2. The van der Waals surface area contributed by atoms with E-state index in [1.54, 1.807) is 13.0 Å². The van der Waals surface area contributed by atoms with Gasteiger partial charge in [0.2, 0.25) is 0 Å². The molecule has 1 aliphatic rings. The van der Waals surface area contributed by atoms with E-state index in [0.29, 0.717) is 11.3 Å². The highest BCUT2D eigenvalue weighted by molar-refractivity contribution is 6.00. The normalized spacial score (nSPS) is 16.2. The van der Waals surface area contributed by atoms with Gasteiger partial charge in [0.15, 0.2) is 12.4 Å². The highest BCUT2D eigenvalue weighted by Gasteiger charge is 2.22. The molecule has 120 valence electrons. The molecule has 1 N–H and O–H groups in total. The van der Waals surface area contributed by atoms with Crippen molar-refractivity contribution in [1.82, 2.24) is 5.32 Å². The summed E-state index contributed by atoms with van der Waals surface area (Å²) in [5.41, 5.74) is 0.489. The number of aldehydes is 1. The van der Waals surface area contributed by atoms with Gasteiger partial charge in [0.05, 0.1) is 5.56 Å². The molecule has 2 aromatic rings. The van der Waals surface area contributed by atoms with Gasteiger partial charge in [0.25, 0.3) is 5.91 Å². The molecular weight excluding hydrogens is 290 g/mol. The average molecular weight is 311 g/mol. The van der Waals surface area contributed by atoms with Crippen LogP contribution in [0.25, 0.3) is 10.8 Å². The average Bonchev–Trinajstić information content (AvgIpc) is 3.07. The monoisotopic (exact) mass is 311 g/mol. The summed E-state index contributed by atoms with van der Waals surface area (Å²) in [4.78, 5) is 23.7. The quantitative estimate of drug-likeness (QED) is 0.860. The minimum absolute atomic E-state index is 0.123. The van der Waals surface area contributed by atoms with Crippen molar-refractivity contribution in [3.05, 3.63) is 42.0 Å². The van der Waals surface area contributed by atoms with Gasteiger partial charge in [-0.25, -0.2) is 0 Å². The van der Waals surface area contributed by atoms with Crippen molar-refractivity contribution >= 4 is 23.0 Å². The second kappa shape index (κ2) is 6.82. The third-order valence-corrected chi connectivity index (χ3v) is 4.42. The predicted octanol–water partition coefficient (Wildman–Crippen LogP) is 3.48. The van der Waals surface area contributed by atoms with Gasteiger partial charge in [-0.05, 0) is 36.6 Å². The highest BCUT2D eigenvalue weighted by atomic mass is 16.5. The Morgan fingerprint density at radius 3 is 2.70 bits per heavy atom. The summed E-state index contributed by atoms with van der Waals surface area (Å²) < 4.78 is 5.77. The largest absolute Gasteiger partial charge is 0.480 e. The Morgan fingerprint density at radius 2 is 1.96 bits per heavy atom. The number of nitrogens with one attached hydrogen (secondary N) is 1. The second-order valence-electron chi connectivity index (χ2n) is 6.07. The smallest absolute Gasteiger partial charge is 0.260 e. The lowest BCUT2D eigenvalue weighted by Crippen LogP contribution is -2.41. The molecule has 0 aromatic heterocycles. The molecule has 1 amide bonds. The van der Waals surface area contributed by atoms with Gasteiger partial charge < -0.3 is 10.1 Å². The summed E-state index contributed by atoms with van der Waals surface area (Å²) in [6.07, 6.45) is 4.57. The molecule has 0 heterocycles. The first-order valence-electron chi connectivity index (χ1n) is 8.13. The first-order valence-corrected chi connectivity index (χ1v) is 8.13. The summed E-state index contributed by atoms with van der Waals surface area (Å²) in [6, 6.07) is 11.6. The summed E-state index contributed by atoms with van der Waals surface area (Å²) in [6.45, 7) is 1.72. The molecule has 4 nitrogen and oxygen atoms in total. The van der Waals surface area contributed by atoms with Gasteiger partial charge in [-0.3, -0.25) is 9.59 Å². The molecule has 0 spiro atoms. The molecule has 4 heteroatoms. The maximum atomic E-state index is 12.2. The van der Waals surface area contributed by atoms with Gasteiger partial charge in [-0.1, -0.05) is 43.2 Å². The Balaban J connectivity index is 1.77. The minimum Gasteiger partial charge on any atom is -0.480 e. The number of hydrogen-bond acceptors (Lipinski definition) is 3. The molecular formula is C19H21NO3. The molecule has 2 aromatic carbocycles. The van der Waals surface area contributed by atoms with Gasteiger partial charge in [-0.2, -0.15) is 0 Å². The number of carbonyl (C=O) groups excluding carboxylic acids is 2. The minimum atomic E-state index is -0.629. The van der Waals surface area contributed by atoms with Crippen molar-refractivity contribution in [3.8, 4) is 5.75 Å². The van der Waals surface area contributed by atoms with E-state index in [2.05, 4.69) is 5.32 Å². The van der Waals surface area contributed by atoms with E-state index in [9.17, 15) is 9.59 Å². The van der Waals surface area contributed by atoms with Crippen molar-refractivity contribution in [1.29, 1.82) is 0 Å². The van der Waals surface area contributed by atoms with Gasteiger partial charge in [-0.15, -0.1) is 0 Å². The van der Waals surface area contributed by atoms with E-state index in [1.165, 1.54) is 12.8 Å². The van der Waals surface area contributed by atoms with Crippen molar-refractivity contribution in [2.75, 3.05) is 0 Å². The van der Waals surface area contributed by atoms with Crippen molar-refractivity contribution in [2.45, 2.75) is 44.8 Å². The molecule has 3 rings (SSSR count). The first-order chi connectivity index (χ1) is 11.2. The number of benzene rings is 2. The maximum Gasteiger partial charge on any atom is 0.260 e. The molecule has 1 atom stereocenters. The number of ether oxygens (including phenoxy) is 1. The van der Waals surface area contributed by atoms with Crippen LogP contribution in [0.1, 0.15) is 43.0 Å². The van der Waals surface area contributed by atoms with Crippen LogP contribution in [0.5, 0.6) is 5.75 Å². The number of hydrogen-bond donors (Lipinski definition) is 1. The van der Waals surface area contributed by atoms with E-state index in [4.69, 9.17) is 4.74 Å². The van der Waals surface area contributed by atoms with Crippen LogP contribution >= 0.6 is 0 Å². The van der Waals surface area contributed by atoms with Gasteiger partial charge in [0.1, 0.15) is 5.75 Å². The highest BCUT2D eigenvalue weighted by Crippen LogP contribution is 2.27. The lowest BCUT2D eigenvalue weighted by atomic mass is 10.0. The number of carbonyl (C=O) groups is 2. The van der Waals surface area contributed by atoms with Crippen LogP contribution < -0.4 is 10.1 Å². The fourth-order valence-corrected chi connectivity index (χ4v) is 3.13. The van der Waals surface area contributed by atoms with Crippen LogP contribution in [0, 0.1) is 0 Å².